The van der Waals surface area contributed by atoms with E-state index in [2.05, 4.69) is 41.2 Å². The second-order valence-corrected chi connectivity index (χ2v) is 8.32. The Balaban J connectivity index is 1.88. The second-order valence-electron chi connectivity index (χ2n) is 6.81. The molecule has 1 saturated carbocycles. The molecule has 2 heterocycles. The molecule has 3 rings (SSSR count). The molecule has 0 radical (unpaired) electrons. The minimum atomic E-state index is -0.993. The zero-order chi connectivity index (χ0) is 15.9. The largest absolute Gasteiger partial charge is 0.399 e. The summed E-state index contributed by atoms with van der Waals surface area (Å²) in [4.78, 5) is 14.9. The Morgan fingerprint density at radius 3 is 2.68 bits per heavy atom. The van der Waals surface area contributed by atoms with E-state index >= 15 is 0 Å². The van der Waals surface area contributed by atoms with Crippen LogP contribution in [0.5, 0.6) is 0 Å². The maximum absolute atomic E-state index is 12.2. The number of nitrogens with one attached hydrogen (secondary N) is 1. The van der Waals surface area contributed by atoms with Crippen molar-refractivity contribution < 1.29 is 9.05 Å². The molecule has 0 aromatic carbocycles. The predicted octanol–water partition coefficient (Wildman–Crippen LogP) is 2.01. The smallest absolute Gasteiger partial charge is 0.146 e. The Labute approximate surface area is 133 Å². The van der Waals surface area contributed by atoms with Gasteiger partial charge in [-0.15, -0.1) is 0 Å². The highest BCUT2D eigenvalue weighted by molar-refractivity contribution is 7.85. The van der Waals surface area contributed by atoms with Crippen molar-refractivity contribution in [1.29, 1.82) is 0 Å². The van der Waals surface area contributed by atoms with E-state index in [0.29, 0.717) is 5.75 Å². The van der Waals surface area contributed by atoms with Gasteiger partial charge in [0.2, 0.25) is 0 Å². The summed E-state index contributed by atoms with van der Waals surface area (Å²) < 4.78 is 12.2. The van der Waals surface area contributed by atoms with Gasteiger partial charge in [0, 0.05) is 36.5 Å². The molecule has 1 atom stereocenters. The summed E-state index contributed by atoms with van der Waals surface area (Å²) in [5, 5.41) is 7.38. The molecular formula is C15H22N4O2S. The fourth-order valence-electron chi connectivity index (χ4n) is 2.64. The molecule has 1 N–H and O–H groups in total. The average Bonchev–Trinajstić information content (AvgIpc) is 2.77. The molecule has 22 heavy (non-hydrogen) atoms. The Hall–Kier alpha value is -1.50. The standard InChI is InChI=1S/C15H22N4O2S/c1-15(2,3)14-17-11-5-6-22(20)12(11)13(18-14)16-9-7-10(8-9)19-21-4/h9H,5-8H2,1-4H3,(H,16,17,18). The lowest BCUT2D eigenvalue weighted by Gasteiger charge is -2.29. The monoisotopic (exact) mass is 322 g/mol. The first kappa shape index (κ1) is 15.4. The van der Waals surface area contributed by atoms with Crippen LogP contribution in [-0.2, 0) is 27.5 Å². The van der Waals surface area contributed by atoms with Gasteiger partial charge in [0.1, 0.15) is 23.6 Å². The number of fused-ring (bicyclic) bond motifs is 1. The summed E-state index contributed by atoms with van der Waals surface area (Å²) in [6, 6.07) is 0.276. The van der Waals surface area contributed by atoms with Gasteiger partial charge in [0.05, 0.1) is 22.2 Å². The average molecular weight is 322 g/mol. The van der Waals surface area contributed by atoms with Crippen LogP contribution in [0.15, 0.2) is 10.1 Å². The molecule has 1 aromatic rings. The Bertz CT molecular complexity index is 644. The first-order valence-electron chi connectivity index (χ1n) is 7.53. The summed E-state index contributed by atoms with van der Waals surface area (Å²) >= 11 is 0. The summed E-state index contributed by atoms with van der Waals surface area (Å²) in [5.41, 5.74) is 1.85. The van der Waals surface area contributed by atoms with Gasteiger partial charge in [-0.25, -0.2) is 9.97 Å². The normalized spacial score (nSPS) is 23.7. The van der Waals surface area contributed by atoms with Crippen LogP contribution in [0.1, 0.15) is 45.1 Å². The van der Waals surface area contributed by atoms with Crippen LogP contribution in [0.25, 0.3) is 0 Å². The van der Waals surface area contributed by atoms with E-state index < -0.39 is 10.8 Å². The van der Waals surface area contributed by atoms with Gasteiger partial charge >= 0.3 is 0 Å². The van der Waals surface area contributed by atoms with Crippen molar-refractivity contribution in [2.24, 2.45) is 5.16 Å². The van der Waals surface area contributed by atoms with E-state index in [9.17, 15) is 4.21 Å². The maximum atomic E-state index is 12.2. The van der Waals surface area contributed by atoms with Crippen LogP contribution in [0.2, 0.25) is 0 Å². The van der Waals surface area contributed by atoms with Crippen LogP contribution in [0.4, 0.5) is 5.82 Å². The van der Waals surface area contributed by atoms with E-state index in [1.54, 1.807) is 7.11 Å². The highest BCUT2D eigenvalue weighted by Gasteiger charge is 2.32. The third-order valence-corrected chi connectivity index (χ3v) is 5.34. The van der Waals surface area contributed by atoms with Gasteiger partial charge in [0.25, 0.3) is 0 Å². The summed E-state index contributed by atoms with van der Waals surface area (Å²) in [6.45, 7) is 6.28. The topological polar surface area (TPSA) is 76.5 Å². The number of nitrogens with zero attached hydrogens (tertiary/aromatic N) is 3. The number of rotatable bonds is 3. The molecule has 1 aromatic heterocycles. The van der Waals surface area contributed by atoms with Gasteiger partial charge in [-0.1, -0.05) is 25.9 Å². The second kappa shape index (κ2) is 5.61. The molecule has 6 nitrogen and oxygen atoms in total. The lowest BCUT2D eigenvalue weighted by molar-refractivity contribution is 0.209. The molecule has 7 heteroatoms. The SMILES string of the molecule is CON=C1CC(Nc2nc(C(C)(C)C)nc3c2S(=O)CC3)C1. The molecule has 2 aliphatic rings. The number of hydrogen-bond acceptors (Lipinski definition) is 6. The van der Waals surface area contributed by atoms with Gasteiger partial charge in [-0.2, -0.15) is 0 Å². The molecule has 0 amide bonds. The van der Waals surface area contributed by atoms with Crippen LogP contribution in [0.3, 0.4) is 0 Å². The summed E-state index contributed by atoms with van der Waals surface area (Å²) in [6.07, 6.45) is 2.44. The van der Waals surface area contributed by atoms with Gasteiger partial charge < -0.3 is 10.2 Å². The lowest BCUT2D eigenvalue weighted by atomic mass is 9.90. The van der Waals surface area contributed by atoms with Crippen molar-refractivity contribution in [3.63, 3.8) is 0 Å². The van der Waals surface area contributed by atoms with E-state index in [1.807, 2.05) is 0 Å². The fraction of sp³-hybridized carbons (Fsp3) is 0.667. The van der Waals surface area contributed by atoms with Gasteiger partial charge in [-0.05, 0) is 0 Å². The molecule has 1 fully saturated rings. The van der Waals surface area contributed by atoms with E-state index in [0.717, 1.165) is 47.2 Å². The van der Waals surface area contributed by atoms with Crippen LogP contribution in [0, 0.1) is 0 Å². The lowest BCUT2D eigenvalue weighted by Crippen LogP contribution is -2.36. The third-order valence-electron chi connectivity index (χ3n) is 3.88. The van der Waals surface area contributed by atoms with Crippen molar-refractivity contribution in [2.45, 2.75) is 56.4 Å². The number of anilines is 1. The Kier molecular flexibility index (Phi) is 3.92. The van der Waals surface area contributed by atoms with Gasteiger partial charge in [0.15, 0.2) is 0 Å². The Morgan fingerprint density at radius 2 is 2.05 bits per heavy atom. The molecule has 0 spiro atoms. The fourth-order valence-corrected chi connectivity index (χ4v) is 3.95. The van der Waals surface area contributed by atoms with Crippen molar-refractivity contribution in [1.82, 2.24) is 9.97 Å². The van der Waals surface area contributed by atoms with E-state index in [4.69, 9.17) is 4.84 Å². The van der Waals surface area contributed by atoms with Crippen molar-refractivity contribution in [2.75, 3.05) is 18.2 Å². The van der Waals surface area contributed by atoms with E-state index in [1.165, 1.54) is 0 Å². The predicted molar refractivity (Wildman–Crippen MR) is 86.8 cm³/mol. The number of aromatic nitrogens is 2. The maximum Gasteiger partial charge on any atom is 0.146 e. The molecule has 1 aliphatic carbocycles. The van der Waals surface area contributed by atoms with Crippen LogP contribution >= 0.6 is 0 Å². The van der Waals surface area contributed by atoms with Crippen molar-refractivity contribution >= 4 is 22.3 Å². The molecular weight excluding hydrogens is 300 g/mol. The number of aryl methyl sites for hydroxylation is 1. The first-order chi connectivity index (χ1) is 10.4. The summed E-state index contributed by atoms with van der Waals surface area (Å²) in [5.74, 6) is 2.19. The highest BCUT2D eigenvalue weighted by Crippen LogP contribution is 2.32. The molecule has 0 bridgehead atoms. The van der Waals surface area contributed by atoms with Crippen LogP contribution < -0.4 is 5.32 Å². The molecule has 1 unspecified atom stereocenters. The minimum absolute atomic E-state index is 0.127. The van der Waals surface area contributed by atoms with E-state index in [-0.39, 0.29) is 11.5 Å². The molecule has 1 aliphatic heterocycles. The Morgan fingerprint density at radius 1 is 1.32 bits per heavy atom. The minimum Gasteiger partial charge on any atom is -0.399 e. The summed E-state index contributed by atoms with van der Waals surface area (Å²) in [7, 11) is 0.566. The highest BCUT2D eigenvalue weighted by atomic mass is 32.2. The first-order valence-corrected chi connectivity index (χ1v) is 8.85. The quantitative estimate of drug-likeness (QED) is 0.862. The third kappa shape index (κ3) is 2.86. The molecule has 0 saturated heterocycles. The zero-order valence-electron chi connectivity index (χ0n) is 13.5. The number of oxime groups is 1. The van der Waals surface area contributed by atoms with Crippen LogP contribution in [-0.4, -0.2) is 38.8 Å². The molecule has 120 valence electrons. The van der Waals surface area contributed by atoms with Crippen molar-refractivity contribution in [3.8, 4) is 0 Å². The number of hydrogen-bond donors (Lipinski definition) is 1. The zero-order valence-corrected chi connectivity index (χ0v) is 14.3. The van der Waals surface area contributed by atoms with Gasteiger partial charge in [-0.3, -0.25) is 4.21 Å². The van der Waals surface area contributed by atoms with Crippen molar-refractivity contribution in [3.05, 3.63) is 11.5 Å².